The van der Waals surface area contributed by atoms with Crippen LogP contribution in [-0.2, 0) is 13.1 Å². The van der Waals surface area contributed by atoms with Crippen LogP contribution in [0.1, 0.15) is 5.69 Å². The van der Waals surface area contributed by atoms with Gasteiger partial charge in [0.05, 0.1) is 12.2 Å². The molecule has 0 spiro atoms. The molecule has 3 aromatic heterocycles. The maximum atomic E-state index is 4.59. The van der Waals surface area contributed by atoms with Crippen molar-refractivity contribution < 1.29 is 0 Å². The molecule has 0 radical (unpaired) electrons. The molecular weight excluding hydrogens is 258 g/mol. The average Bonchev–Trinajstić information content (AvgIpc) is 3.10. The first-order valence-corrected chi connectivity index (χ1v) is 7.24. The lowest BCUT2D eigenvalue weighted by Crippen LogP contribution is -2.02. The summed E-state index contributed by atoms with van der Waals surface area (Å²) < 4.78 is 2.21. The molecule has 1 aliphatic heterocycles. The fraction of sp³-hybridized carbons (Fsp3) is 0.231. The van der Waals surface area contributed by atoms with Crippen molar-refractivity contribution in [1.29, 1.82) is 0 Å². The van der Waals surface area contributed by atoms with Gasteiger partial charge in [-0.15, -0.1) is 0 Å². The second-order valence-electron chi connectivity index (χ2n) is 4.52. The summed E-state index contributed by atoms with van der Waals surface area (Å²) >= 11 is 1.82. The first-order valence-electron chi connectivity index (χ1n) is 6.25. The minimum absolute atomic E-state index is 0.708. The third-order valence-corrected chi connectivity index (χ3v) is 4.18. The van der Waals surface area contributed by atoms with E-state index in [1.165, 1.54) is 0 Å². The smallest absolute Gasteiger partial charge is 0.168 e. The molecule has 0 atom stereocenters. The van der Waals surface area contributed by atoms with E-state index >= 15 is 0 Å². The predicted octanol–water partition coefficient (Wildman–Crippen LogP) is 2.48. The van der Waals surface area contributed by atoms with Crippen molar-refractivity contribution in [3.05, 3.63) is 36.3 Å². The lowest BCUT2D eigenvalue weighted by Gasteiger charge is -2.03. The zero-order valence-electron chi connectivity index (χ0n) is 10.3. The first kappa shape index (κ1) is 10.9. The molecule has 0 aliphatic carbocycles. The van der Waals surface area contributed by atoms with E-state index in [0.717, 1.165) is 40.0 Å². The van der Waals surface area contributed by atoms with Crippen LogP contribution in [0.15, 0.2) is 35.7 Å². The fourth-order valence-corrected chi connectivity index (χ4v) is 3.22. The molecule has 1 aliphatic rings. The summed E-state index contributed by atoms with van der Waals surface area (Å²) in [5, 5.41) is 5.57. The van der Waals surface area contributed by atoms with E-state index in [1.54, 1.807) is 0 Å². The Morgan fingerprint density at radius 3 is 3.26 bits per heavy atom. The van der Waals surface area contributed by atoms with Gasteiger partial charge in [-0.1, -0.05) is 11.8 Å². The molecule has 5 nitrogen and oxygen atoms in total. The van der Waals surface area contributed by atoms with Crippen LogP contribution in [0.4, 0.5) is 5.82 Å². The summed E-state index contributed by atoms with van der Waals surface area (Å²) in [6.07, 6.45) is 4.02. The Morgan fingerprint density at radius 2 is 2.32 bits per heavy atom. The number of pyridine rings is 1. The number of nitrogens with zero attached hydrogens (tertiary/aromatic N) is 3. The number of fused-ring (bicyclic) bond motifs is 2. The maximum Gasteiger partial charge on any atom is 0.168 e. The Bertz CT molecular complexity index is 708. The van der Waals surface area contributed by atoms with Gasteiger partial charge in [-0.2, -0.15) is 0 Å². The molecule has 0 saturated carbocycles. The van der Waals surface area contributed by atoms with Gasteiger partial charge in [-0.05, 0) is 18.2 Å². The lowest BCUT2D eigenvalue weighted by molar-refractivity contribution is 0.719. The van der Waals surface area contributed by atoms with Gasteiger partial charge in [0.25, 0.3) is 0 Å². The topological polar surface area (TPSA) is 58.5 Å². The zero-order valence-corrected chi connectivity index (χ0v) is 11.1. The number of rotatable bonds is 3. The summed E-state index contributed by atoms with van der Waals surface area (Å²) in [5.74, 6) is 2.01. The standard InChI is InChI=1S/C13H13N5S/c1-2-11(17-12-9(1)3-4-14-12)15-7-10-8-18-5-6-19-13(18)16-10/h1-4,8H,5-7H2,(H2,14,15,17). The van der Waals surface area contributed by atoms with Crippen molar-refractivity contribution in [2.75, 3.05) is 11.1 Å². The summed E-state index contributed by atoms with van der Waals surface area (Å²) in [7, 11) is 0. The van der Waals surface area contributed by atoms with Crippen molar-refractivity contribution in [3.63, 3.8) is 0 Å². The Morgan fingerprint density at radius 1 is 1.32 bits per heavy atom. The van der Waals surface area contributed by atoms with Crippen LogP contribution in [-0.4, -0.2) is 25.3 Å². The van der Waals surface area contributed by atoms with Gasteiger partial charge in [0, 0.05) is 30.1 Å². The highest BCUT2D eigenvalue weighted by Crippen LogP contribution is 2.24. The van der Waals surface area contributed by atoms with Crippen LogP contribution in [0.3, 0.4) is 0 Å². The molecule has 4 heterocycles. The van der Waals surface area contributed by atoms with E-state index in [4.69, 9.17) is 0 Å². The predicted molar refractivity (Wildman–Crippen MR) is 76.4 cm³/mol. The molecular formula is C13H13N5S. The van der Waals surface area contributed by atoms with Gasteiger partial charge in [-0.3, -0.25) is 0 Å². The third-order valence-electron chi connectivity index (χ3n) is 3.21. The molecule has 4 rings (SSSR count). The van der Waals surface area contributed by atoms with Crippen molar-refractivity contribution in [2.45, 2.75) is 18.2 Å². The Hall–Kier alpha value is -1.95. The second-order valence-corrected chi connectivity index (χ2v) is 5.58. The number of H-pyrrole nitrogens is 1. The quantitative estimate of drug-likeness (QED) is 0.768. The number of aromatic nitrogens is 4. The molecule has 2 N–H and O–H groups in total. The molecule has 0 saturated heterocycles. The number of aryl methyl sites for hydroxylation is 1. The molecule has 6 heteroatoms. The zero-order chi connectivity index (χ0) is 12.7. The summed E-state index contributed by atoms with van der Waals surface area (Å²) in [6, 6.07) is 6.07. The SMILES string of the molecule is c1cc2ccc(NCc3cn4c(n3)SCC4)nc2[nH]1. The minimum atomic E-state index is 0.708. The first-order chi connectivity index (χ1) is 9.38. The monoisotopic (exact) mass is 271 g/mol. The van der Waals surface area contributed by atoms with Crippen LogP contribution in [0.25, 0.3) is 11.0 Å². The number of aromatic amines is 1. The number of hydrogen-bond donors (Lipinski definition) is 2. The number of anilines is 1. The van der Waals surface area contributed by atoms with Crippen molar-refractivity contribution in [1.82, 2.24) is 19.5 Å². The van der Waals surface area contributed by atoms with E-state index < -0.39 is 0 Å². The Kier molecular flexibility index (Phi) is 2.48. The maximum absolute atomic E-state index is 4.59. The van der Waals surface area contributed by atoms with E-state index in [0.29, 0.717) is 6.54 Å². The normalized spacial score (nSPS) is 13.9. The highest BCUT2D eigenvalue weighted by molar-refractivity contribution is 7.99. The molecule has 0 bridgehead atoms. The van der Waals surface area contributed by atoms with E-state index in [9.17, 15) is 0 Å². The van der Waals surface area contributed by atoms with Gasteiger partial charge in [-0.25, -0.2) is 9.97 Å². The van der Waals surface area contributed by atoms with Crippen molar-refractivity contribution >= 4 is 28.6 Å². The molecule has 0 amide bonds. The number of thioether (sulfide) groups is 1. The Balaban J connectivity index is 1.51. The van der Waals surface area contributed by atoms with E-state index in [-0.39, 0.29) is 0 Å². The molecule has 19 heavy (non-hydrogen) atoms. The number of nitrogens with one attached hydrogen (secondary N) is 2. The van der Waals surface area contributed by atoms with Gasteiger partial charge < -0.3 is 14.9 Å². The number of hydrogen-bond acceptors (Lipinski definition) is 4. The highest BCUT2D eigenvalue weighted by atomic mass is 32.2. The van der Waals surface area contributed by atoms with Gasteiger partial charge in [0.1, 0.15) is 11.5 Å². The van der Waals surface area contributed by atoms with Crippen LogP contribution in [0.2, 0.25) is 0 Å². The van der Waals surface area contributed by atoms with E-state index in [2.05, 4.69) is 37.1 Å². The lowest BCUT2D eigenvalue weighted by atomic mass is 10.3. The minimum Gasteiger partial charge on any atom is -0.364 e. The fourth-order valence-electron chi connectivity index (χ4n) is 2.26. The molecule has 0 fully saturated rings. The molecule has 96 valence electrons. The van der Waals surface area contributed by atoms with Crippen LogP contribution < -0.4 is 5.32 Å². The van der Waals surface area contributed by atoms with Crippen LogP contribution in [0, 0.1) is 0 Å². The average molecular weight is 271 g/mol. The molecule has 0 aromatic carbocycles. The largest absolute Gasteiger partial charge is 0.364 e. The van der Waals surface area contributed by atoms with Crippen LogP contribution in [0.5, 0.6) is 0 Å². The van der Waals surface area contributed by atoms with Gasteiger partial charge in [0.2, 0.25) is 0 Å². The van der Waals surface area contributed by atoms with E-state index in [1.807, 2.05) is 30.1 Å². The van der Waals surface area contributed by atoms with Gasteiger partial charge >= 0.3 is 0 Å². The van der Waals surface area contributed by atoms with Gasteiger partial charge in [0.15, 0.2) is 5.16 Å². The second kappa shape index (κ2) is 4.31. The third kappa shape index (κ3) is 1.98. The van der Waals surface area contributed by atoms with Crippen LogP contribution >= 0.6 is 11.8 Å². The summed E-state index contributed by atoms with van der Waals surface area (Å²) in [6.45, 7) is 1.78. The summed E-state index contributed by atoms with van der Waals surface area (Å²) in [5.41, 5.74) is 1.98. The van der Waals surface area contributed by atoms with Crippen molar-refractivity contribution in [3.8, 4) is 0 Å². The Labute approximate surface area is 114 Å². The molecule has 0 unspecified atom stereocenters. The van der Waals surface area contributed by atoms with Crippen molar-refractivity contribution in [2.24, 2.45) is 0 Å². The highest BCUT2D eigenvalue weighted by Gasteiger charge is 2.13. The number of imidazole rings is 1. The molecule has 3 aromatic rings. The summed E-state index contributed by atoms with van der Waals surface area (Å²) in [4.78, 5) is 12.2.